The molecular formula is C20H28N6O2S. The molecule has 0 aliphatic carbocycles. The van der Waals surface area contributed by atoms with Gasteiger partial charge in [0.15, 0.2) is 9.84 Å². The normalized spacial score (nSPS) is 28.9. The van der Waals surface area contributed by atoms with Gasteiger partial charge in [-0.1, -0.05) is 6.92 Å². The second-order valence-corrected chi connectivity index (χ2v) is 11.2. The summed E-state index contributed by atoms with van der Waals surface area (Å²) in [6.45, 7) is 6.19. The van der Waals surface area contributed by atoms with E-state index in [4.69, 9.17) is 4.98 Å². The minimum Gasteiger partial charge on any atom is -0.341 e. The topological polar surface area (TPSA) is 84.2 Å². The molecule has 5 heterocycles. The molecular weight excluding hydrogens is 388 g/mol. The van der Waals surface area contributed by atoms with Crippen LogP contribution < -0.4 is 4.90 Å². The van der Waals surface area contributed by atoms with Crippen molar-refractivity contribution in [2.24, 2.45) is 13.0 Å². The summed E-state index contributed by atoms with van der Waals surface area (Å²) in [5.74, 6) is 1.38. The summed E-state index contributed by atoms with van der Waals surface area (Å²) in [4.78, 5) is 14.0. The zero-order valence-electron chi connectivity index (χ0n) is 17.0. The lowest BCUT2D eigenvalue weighted by atomic mass is 9.99. The Hall–Kier alpha value is -2.00. The van der Waals surface area contributed by atoms with Crippen molar-refractivity contribution in [2.45, 2.75) is 43.2 Å². The second-order valence-electron chi connectivity index (χ2n) is 8.94. The molecule has 3 aliphatic heterocycles. The van der Waals surface area contributed by atoms with Crippen molar-refractivity contribution in [3.8, 4) is 0 Å². The van der Waals surface area contributed by atoms with Crippen LogP contribution in [0.15, 0.2) is 18.6 Å². The number of aromatic nitrogens is 4. The molecule has 2 aromatic heterocycles. The Morgan fingerprint density at radius 2 is 2.07 bits per heavy atom. The summed E-state index contributed by atoms with van der Waals surface area (Å²) >= 11 is 0. The Balaban J connectivity index is 1.43. The molecule has 156 valence electrons. The summed E-state index contributed by atoms with van der Waals surface area (Å²) in [6.07, 6.45) is 7.99. The molecule has 2 aromatic rings. The quantitative estimate of drug-likeness (QED) is 0.747. The summed E-state index contributed by atoms with van der Waals surface area (Å²) in [5.41, 5.74) is 2.83. The number of sulfone groups is 1. The monoisotopic (exact) mass is 416 g/mol. The summed E-state index contributed by atoms with van der Waals surface area (Å²) in [7, 11) is -1.30. The predicted octanol–water partition coefficient (Wildman–Crippen LogP) is 1.34. The van der Waals surface area contributed by atoms with Crippen LogP contribution in [0.5, 0.6) is 0 Å². The first-order chi connectivity index (χ1) is 13.9. The van der Waals surface area contributed by atoms with Crippen LogP contribution in [0, 0.1) is 5.92 Å². The zero-order chi connectivity index (χ0) is 20.2. The van der Waals surface area contributed by atoms with Gasteiger partial charge in [0.25, 0.3) is 0 Å². The maximum Gasteiger partial charge on any atom is 0.225 e. The van der Waals surface area contributed by atoms with Crippen molar-refractivity contribution in [3.05, 3.63) is 35.4 Å². The maximum absolute atomic E-state index is 12.9. The van der Waals surface area contributed by atoms with Gasteiger partial charge in [0.2, 0.25) is 5.95 Å². The van der Waals surface area contributed by atoms with Crippen LogP contribution in [0.3, 0.4) is 0 Å². The first-order valence-corrected chi connectivity index (χ1v) is 12.1. The van der Waals surface area contributed by atoms with Gasteiger partial charge in [-0.3, -0.25) is 9.58 Å². The number of fused-ring (bicyclic) bond motifs is 3. The van der Waals surface area contributed by atoms with Crippen molar-refractivity contribution >= 4 is 15.8 Å². The van der Waals surface area contributed by atoms with Crippen LogP contribution in [0.4, 0.5) is 5.95 Å². The van der Waals surface area contributed by atoms with E-state index in [9.17, 15) is 8.42 Å². The Kier molecular flexibility index (Phi) is 4.62. The lowest BCUT2D eigenvalue weighted by Crippen LogP contribution is -2.38. The summed E-state index contributed by atoms with van der Waals surface area (Å²) in [5, 5.41) is 3.85. The number of piperidine rings is 1. The van der Waals surface area contributed by atoms with Gasteiger partial charge < -0.3 is 4.90 Å². The molecule has 8 nitrogen and oxygen atoms in total. The van der Waals surface area contributed by atoms with E-state index in [2.05, 4.69) is 26.8 Å². The first-order valence-electron chi connectivity index (χ1n) is 10.4. The van der Waals surface area contributed by atoms with E-state index < -0.39 is 9.84 Å². The molecule has 3 atom stereocenters. The second kappa shape index (κ2) is 7.05. The van der Waals surface area contributed by atoms with E-state index in [1.807, 2.05) is 19.4 Å². The van der Waals surface area contributed by atoms with Crippen LogP contribution in [-0.4, -0.2) is 64.5 Å². The van der Waals surface area contributed by atoms with Crippen molar-refractivity contribution in [3.63, 3.8) is 0 Å². The summed E-state index contributed by atoms with van der Waals surface area (Å²) < 4.78 is 27.7. The van der Waals surface area contributed by atoms with Gasteiger partial charge in [0.05, 0.1) is 22.9 Å². The number of anilines is 1. The van der Waals surface area contributed by atoms with Gasteiger partial charge in [0, 0.05) is 69.2 Å². The number of rotatable bonds is 3. The highest BCUT2D eigenvalue weighted by molar-refractivity contribution is 7.91. The Morgan fingerprint density at radius 1 is 1.21 bits per heavy atom. The molecule has 9 heteroatoms. The molecule has 0 bridgehead atoms. The predicted molar refractivity (Wildman–Crippen MR) is 110 cm³/mol. The lowest BCUT2D eigenvalue weighted by molar-refractivity contribution is 0.326. The fraction of sp³-hybridized carbons (Fsp3) is 0.650. The highest BCUT2D eigenvalue weighted by Gasteiger charge is 2.47. The first kappa shape index (κ1) is 19.0. The van der Waals surface area contributed by atoms with Crippen LogP contribution >= 0.6 is 0 Å². The Bertz CT molecular complexity index is 1020. The van der Waals surface area contributed by atoms with Crippen molar-refractivity contribution in [2.75, 3.05) is 31.1 Å². The van der Waals surface area contributed by atoms with Crippen LogP contribution in [0.2, 0.25) is 0 Å². The molecule has 2 saturated heterocycles. The smallest absolute Gasteiger partial charge is 0.225 e. The Morgan fingerprint density at radius 3 is 2.83 bits per heavy atom. The lowest BCUT2D eigenvalue weighted by Gasteiger charge is -2.32. The van der Waals surface area contributed by atoms with E-state index >= 15 is 0 Å². The molecule has 0 unspecified atom stereocenters. The van der Waals surface area contributed by atoms with E-state index in [0.29, 0.717) is 25.6 Å². The van der Waals surface area contributed by atoms with E-state index in [-0.39, 0.29) is 16.9 Å². The van der Waals surface area contributed by atoms with Gasteiger partial charge in [-0.15, -0.1) is 0 Å². The zero-order valence-corrected chi connectivity index (χ0v) is 17.8. The fourth-order valence-corrected chi connectivity index (χ4v) is 7.13. The minimum atomic E-state index is -3.20. The average molecular weight is 417 g/mol. The van der Waals surface area contributed by atoms with Crippen LogP contribution in [0.1, 0.15) is 42.5 Å². The molecule has 29 heavy (non-hydrogen) atoms. The largest absolute Gasteiger partial charge is 0.341 e. The minimum absolute atomic E-state index is 0.0565. The van der Waals surface area contributed by atoms with E-state index in [0.717, 1.165) is 42.3 Å². The molecule has 0 radical (unpaired) electrons. The molecule has 0 aromatic carbocycles. The molecule has 5 rings (SSSR count). The molecule has 0 spiro atoms. The van der Waals surface area contributed by atoms with Gasteiger partial charge in [-0.25, -0.2) is 18.4 Å². The summed E-state index contributed by atoms with van der Waals surface area (Å²) in [6, 6.07) is 0. The standard InChI is InChI=1S/C20H28N6O2S/c1-14-4-3-5-26(8-14)20-21-7-16-13-29(27,28)18-12-25(11-17(18)19(16)23-20)10-15-6-22-24(2)9-15/h6-7,9,14,17-18H,3-5,8,10-13H2,1-2H3/t14-,17-,18+/m0/s1. The third-order valence-corrected chi connectivity index (χ3v) is 8.61. The Labute approximate surface area is 171 Å². The SMILES string of the molecule is C[C@H]1CCCN(c2ncc3c(n2)[C@H]2CN(Cc4cnn(C)c4)C[C@H]2S(=O)(=O)C3)C1. The van der Waals surface area contributed by atoms with E-state index in [1.165, 1.54) is 6.42 Å². The van der Waals surface area contributed by atoms with Gasteiger partial charge in [0.1, 0.15) is 0 Å². The fourth-order valence-electron chi connectivity index (χ4n) is 5.11. The number of likely N-dealkylation sites (tertiary alicyclic amines) is 1. The highest BCUT2D eigenvalue weighted by Crippen LogP contribution is 2.40. The number of aryl methyl sites for hydroxylation is 1. The van der Waals surface area contributed by atoms with Crippen molar-refractivity contribution in [1.29, 1.82) is 0 Å². The van der Waals surface area contributed by atoms with Gasteiger partial charge >= 0.3 is 0 Å². The number of hydrogen-bond donors (Lipinski definition) is 0. The van der Waals surface area contributed by atoms with Crippen LogP contribution in [-0.2, 0) is 29.2 Å². The van der Waals surface area contributed by atoms with Crippen molar-refractivity contribution in [1.82, 2.24) is 24.6 Å². The molecule has 0 N–H and O–H groups in total. The van der Waals surface area contributed by atoms with Crippen LogP contribution in [0.25, 0.3) is 0 Å². The van der Waals surface area contributed by atoms with E-state index in [1.54, 1.807) is 10.9 Å². The van der Waals surface area contributed by atoms with Crippen molar-refractivity contribution < 1.29 is 8.42 Å². The molecule has 2 fully saturated rings. The maximum atomic E-state index is 12.9. The average Bonchev–Trinajstić information content (AvgIpc) is 3.28. The molecule has 0 amide bonds. The van der Waals surface area contributed by atoms with Gasteiger partial charge in [-0.05, 0) is 18.8 Å². The third-order valence-electron chi connectivity index (χ3n) is 6.50. The number of hydrogen-bond acceptors (Lipinski definition) is 7. The molecule has 0 saturated carbocycles. The highest BCUT2D eigenvalue weighted by atomic mass is 32.2. The molecule has 3 aliphatic rings. The number of nitrogens with zero attached hydrogens (tertiary/aromatic N) is 6. The third kappa shape index (κ3) is 3.54. The van der Waals surface area contributed by atoms with Gasteiger partial charge in [-0.2, -0.15) is 5.10 Å².